The number of nitriles is 1. The van der Waals surface area contributed by atoms with Crippen molar-refractivity contribution in [2.24, 2.45) is 0 Å². The largest absolute Gasteiger partial charge is 0.453 e. The Labute approximate surface area is 183 Å². The van der Waals surface area contributed by atoms with Crippen molar-refractivity contribution in [2.75, 3.05) is 5.32 Å². The molecule has 6 heteroatoms. The number of carbonyl (C=O) groups is 3. The first-order valence-electron chi connectivity index (χ1n) is 10.6. The number of Topliss-reactive ketones (excluding diaryl/α,β-unsaturated/α-hetero) is 1. The van der Waals surface area contributed by atoms with Crippen LogP contribution in [-0.2, 0) is 20.7 Å². The van der Waals surface area contributed by atoms with Crippen molar-refractivity contribution in [3.63, 3.8) is 0 Å². The smallest absolute Gasteiger partial charge is 0.307 e. The quantitative estimate of drug-likeness (QED) is 0.319. The van der Waals surface area contributed by atoms with E-state index in [1.54, 1.807) is 36.4 Å². The maximum absolute atomic E-state index is 12.3. The Morgan fingerprint density at radius 3 is 2.29 bits per heavy atom. The average Bonchev–Trinajstić information content (AvgIpc) is 2.78. The van der Waals surface area contributed by atoms with Crippen LogP contribution in [0.25, 0.3) is 0 Å². The van der Waals surface area contributed by atoms with E-state index in [0.29, 0.717) is 16.8 Å². The number of unbranched alkanes of at least 4 members (excludes halogenated alkanes) is 2. The maximum atomic E-state index is 12.3. The van der Waals surface area contributed by atoms with Crippen molar-refractivity contribution in [1.82, 2.24) is 0 Å². The molecule has 2 aromatic carbocycles. The van der Waals surface area contributed by atoms with E-state index in [4.69, 9.17) is 10.00 Å². The second-order valence-electron chi connectivity index (χ2n) is 7.39. The molecule has 0 saturated heterocycles. The predicted octanol–water partition coefficient (Wildman–Crippen LogP) is 4.82. The number of rotatable bonds is 11. The van der Waals surface area contributed by atoms with Crippen LogP contribution in [0.4, 0.5) is 5.69 Å². The summed E-state index contributed by atoms with van der Waals surface area (Å²) in [5.74, 6) is -1.22. The normalized spacial score (nSPS) is 11.3. The second kappa shape index (κ2) is 12.3. The van der Waals surface area contributed by atoms with Crippen molar-refractivity contribution in [3.05, 3.63) is 65.2 Å². The van der Waals surface area contributed by atoms with Gasteiger partial charge in [0.05, 0.1) is 18.1 Å². The topological polar surface area (TPSA) is 96.3 Å². The number of nitrogens with one attached hydrogen (secondary N) is 1. The summed E-state index contributed by atoms with van der Waals surface area (Å²) in [6, 6.07) is 15.8. The van der Waals surface area contributed by atoms with E-state index < -0.39 is 18.0 Å². The van der Waals surface area contributed by atoms with Crippen LogP contribution >= 0.6 is 0 Å². The molecule has 1 atom stereocenters. The minimum atomic E-state index is -0.999. The zero-order valence-corrected chi connectivity index (χ0v) is 18.0. The fraction of sp³-hybridized carbons (Fsp3) is 0.360. The fourth-order valence-corrected chi connectivity index (χ4v) is 2.98. The van der Waals surface area contributed by atoms with Crippen LogP contribution in [0.3, 0.4) is 0 Å². The average molecular weight is 421 g/mol. The van der Waals surface area contributed by atoms with Crippen LogP contribution in [0.1, 0.15) is 67.4 Å². The fourth-order valence-electron chi connectivity index (χ4n) is 2.98. The molecular weight excluding hydrogens is 392 g/mol. The third-order valence-corrected chi connectivity index (χ3v) is 4.86. The monoisotopic (exact) mass is 420 g/mol. The lowest BCUT2D eigenvalue weighted by molar-refractivity contribution is -0.153. The van der Waals surface area contributed by atoms with Gasteiger partial charge in [-0.1, -0.05) is 44.0 Å². The first-order valence-corrected chi connectivity index (χ1v) is 10.6. The van der Waals surface area contributed by atoms with Gasteiger partial charge in [0.15, 0.2) is 11.9 Å². The molecule has 1 amide bonds. The highest BCUT2D eigenvalue weighted by Crippen LogP contribution is 2.13. The van der Waals surface area contributed by atoms with E-state index >= 15 is 0 Å². The second-order valence-corrected chi connectivity index (χ2v) is 7.39. The minimum Gasteiger partial charge on any atom is -0.453 e. The molecule has 6 nitrogen and oxygen atoms in total. The van der Waals surface area contributed by atoms with Gasteiger partial charge in [-0.2, -0.15) is 5.26 Å². The number of hydrogen-bond donors (Lipinski definition) is 1. The lowest BCUT2D eigenvalue weighted by Gasteiger charge is -2.13. The van der Waals surface area contributed by atoms with Gasteiger partial charge in [0, 0.05) is 17.7 Å². The van der Waals surface area contributed by atoms with Crippen LogP contribution in [0.5, 0.6) is 0 Å². The van der Waals surface area contributed by atoms with Crippen LogP contribution in [0, 0.1) is 11.3 Å². The van der Waals surface area contributed by atoms with Gasteiger partial charge in [-0.05, 0) is 49.6 Å². The van der Waals surface area contributed by atoms with Crippen LogP contribution in [0.15, 0.2) is 48.5 Å². The molecule has 0 aliphatic carbocycles. The Balaban J connectivity index is 1.76. The third-order valence-electron chi connectivity index (χ3n) is 4.86. The number of esters is 1. The first-order chi connectivity index (χ1) is 14.9. The van der Waals surface area contributed by atoms with E-state index in [0.717, 1.165) is 12.8 Å². The van der Waals surface area contributed by atoms with Crippen molar-refractivity contribution in [1.29, 1.82) is 5.26 Å². The molecule has 0 aromatic heterocycles. The molecule has 2 rings (SSSR count). The Morgan fingerprint density at radius 1 is 1.00 bits per heavy atom. The molecular formula is C25H28N2O4. The number of amides is 1. The lowest BCUT2D eigenvalue weighted by atomic mass is 10.0. The van der Waals surface area contributed by atoms with E-state index in [9.17, 15) is 14.4 Å². The SMILES string of the molecule is CCCCCc1ccc(C(=O)CCC(=O)O[C@@H](C)C(=O)Nc2ccc(C#N)cc2)cc1. The summed E-state index contributed by atoms with van der Waals surface area (Å²) >= 11 is 0. The number of carbonyl (C=O) groups excluding carboxylic acids is 3. The van der Waals surface area contributed by atoms with Gasteiger partial charge in [0.1, 0.15) is 0 Å². The molecule has 162 valence electrons. The number of anilines is 1. The molecule has 0 radical (unpaired) electrons. The number of ether oxygens (including phenoxy) is 1. The van der Waals surface area contributed by atoms with E-state index in [2.05, 4.69) is 12.2 Å². The summed E-state index contributed by atoms with van der Waals surface area (Å²) in [5.41, 5.74) is 2.75. The van der Waals surface area contributed by atoms with E-state index in [1.165, 1.54) is 25.3 Å². The molecule has 0 fully saturated rings. The molecule has 0 aliphatic heterocycles. The maximum Gasteiger partial charge on any atom is 0.307 e. The van der Waals surface area contributed by atoms with Crippen LogP contribution in [-0.4, -0.2) is 23.8 Å². The lowest BCUT2D eigenvalue weighted by Crippen LogP contribution is -2.30. The summed E-state index contributed by atoms with van der Waals surface area (Å²) in [5, 5.41) is 11.4. The number of aryl methyl sites for hydroxylation is 1. The summed E-state index contributed by atoms with van der Waals surface area (Å²) in [6.45, 7) is 3.63. The highest BCUT2D eigenvalue weighted by atomic mass is 16.5. The zero-order valence-electron chi connectivity index (χ0n) is 18.0. The molecule has 1 N–H and O–H groups in total. The number of hydrogen-bond acceptors (Lipinski definition) is 5. The highest BCUT2D eigenvalue weighted by molar-refractivity contribution is 5.98. The third kappa shape index (κ3) is 8.06. The number of ketones is 1. The minimum absolute atomic E-state index is 0.0258. The summed E-state index contributed by atoms with van der Waals surface area (Å²) in [6.07, 6.45) is 3.42. The van der Waals surface area contributed by atoms with Crippen molar-refractivity contribution in [3.8, 4) is 6.07 Å². The summed E-state index contributed by atoms with van der Waals surface area (Å²) in [4.78, 5) is 36.5. The highest BCUT2D eigenvalue weighted by Gasteiger charge is 2.19. The van der Waals surface area contributed by atoms with E-state index in [1.807, 2.05) is 18.2 Å². The molecule has 0 aliphatic rings. The van der Waals surface area contributed by atoms with Gasteiger partial charge < -0.3 is 10.1 Å². The van der Waals surface area contributed by atoms with Gasteiger partial charge >= 0.3 is 5.97 Å². The Morgan fingerprint density at radius 2 is 1.68 bits per heavy atom. The van der Waals surface area contributed by atoms with Crippen molar-refractivity contribution >= 4 is 23.3 Å². The Hall–Kier alpha value is -3.46. The van der Waals surface area contributed by atoms with Crippen LogP contribution < -0.4 is 5.32 Å². The van der Waals surface area contributed by atoms with Crippen molar-refractivity contribution in [2.45, 2.75) is 58.5 Å². The first kappa shape index (κ1) is 23.8. The predicted molar refractivity (Wildman–Crippen MR) is 119 cm³/mol. The Kier molecular flexibility index (Phi) is 9.44. The van der Waals surface area contributed by atoms with Crippen molar-refractivity contribution < 1.29 is 19.1 Å². The molecule has 0 unspecified atom stereocenters. The van der Waals surface area contributed by atoms with Gasteiger partial charge in [-0.25, -0.2) is 0 Å². The molecule has 0 spiro atoms. The van der Waals surface area contributed by atoms with Gasteiger partial charge in [-0.3, -0.25) is 14.4 Å². The van der Waals surface area contributed by atoms with Gasteiger partial charge in [0.25, 0.3) is 5.91 Å². The Bertz CT molecular complexity index is 927. The van der Waals surface area contributed by atoms with Crippen LogP contribution in [0.2, 0.25) is 0 Å². The molecule has 2 aromatic rings. The van der Waals surface area contributed by atoms with E-state index in [-0.39, 0.29) is 18.6 Å². The molecule has 31 heavy (non-hydrogen) atoms. The van der Waals surface area contributed by atoms with Gasteiger partial charge in [-0.15, -0.1) is 0 Å². The molecule has 0 saturated carbocycles. The van der Waals surface area contributed by atoms with Gasteiger partial charge in [0.2, 0.25) is 0 Å². The molecule has 0 bridgehead atoms. The summed E-state index contributed by atoms with van der Waals surface area (Å²) in [7, 11) is 0. The number of nitrogens with zero attached hydrogens (tertiary/aromatic N) is 1. The standard InChI is InChI=1S/C25H28N2O4/c1-3-4-5-6-19-7-11-21(12-8-19)23(28)15-16-24(29)31-18(2)25(30)27-22-13-9-20(17-26)10-14-22/h7-14,18H,3-6,15-16H2,1-2H3,(H,27,30)/t18-/m0/s1. The molecule has 0 heterocycles. The zero-order chi connectivity index (χ0) is 22.6. The summed E-state index contributed by atoms with van der Waals surface area (Å²) < 4.78 is 5.13. The number of benzene rings is 2.